The minimum absolute atomic E-state index is 0.0375. The number of aromatic carboxylic acids is 1. The van der Waals surface area contributed by atoms with Crippen molar-refractivity contribution in [3.05, 3.63) is 95.1 Å². The summed E-state index contributed by atoms with van der Waals surface area (Å²) in [4.78, 5) is 35.8. The Labute approximate surface area is 242 Å². The van der Waals surface area contributed by atoms with Crippen LogP contribution in [0.4, 0.5) is 5.69 Å². The molecule has 41 heavy (non-hydrogen) atoms. The number of ether oxygens (including phenoxy) is 3. The highest BCUT2D eigenvalue weighted by Crippen LogP contribution is 2.43. The molecular weight excluding hydrogens is 546 g/mol. The maximum absolute atomic E-state index is 12.5. The van der Waals surface area contributed by atoms with Crippen LogP contribution in [-0.4, -0.2) is 46.0 Å². The van der Waals surface area contributed by atoms with Gasteiger partial charge in [0.1, 0.15) is 0 Å². The van der Waals surface area contributed by atoms with Crippen LogP contribution in [0.2, 0.25) is 0 Å². The number of amides is 1. The molecule has 0 spiro atoms. The molecule has 1 heterocycles. The summed E-state index contributed by atoms with van der Waals surface area (Å²) in [6, 6.07) is 21.5. The molecule has 10 heteroatoms. The average molecular weight is 580 g/mol. The number of esters is 1. The van der Waals surface area contributed by atoms with Gasteiger partial charge in [-0.25, -0.2) is 4.79 Å². The number of benzene rings is 3. The van der Waals surface area contributed by atoms with Gasteiger partial charge in [0.05, 0.1) is 24.4 Å². The average Bonchev–Trinajstić information content (AvgIpc) is 2.96. The molecule has 3 N–H and O–H groups in total. The zero-order chi connectivity index (χ0) is 29.5. The largest absolute Gasteiger partial charge is 0.478 e. The zero-order valence-corrected chi connectivity index (χ0v) is 23.8. The van der Waals surface area contributed by atoms with E-state index in [0.717, 1.165) is 16.0 Å². The first-order chi connectivity index (χ1) is 19.6. The molecule has 3 aromatic rings. The summed E-state index contributed by atoms with van der Waals surface area (Å²) in [6.45, 7) is 4.75. The number of thioether (sulfide) groups is 1. The minimum atomic E-state index is -0.972. The molecule has 216 valence electrons. The fourth-order valence-corrected chi connectivity index (χ4v) is 5.56. The van der Waals surface area contributed by atoms with Crippen molar-refractivity contribution in [2.45, 2.75) is 56.9 Å². The predicted octanol–water partition coefficient (Wildman–Crippen LogP) is 5.35. The van der Waals surface area contributed by atoms with Gasteiger partial charge >= 0.3 is 11.9 Å². The summed E-state index contributed by atoms with van der Waals surface area (Å²) in [5.74, 6) is -1.42. The van der Waals surface area contributed by atoms with Gasteiger partial charge in [0, 0.05) is 34.7 Å². The van der Waals surface area contributed by atoms with E-state index in [4.69, 9.17) is 14.2 Å². The van der Waals surface area contributed by atoms with Crippen molar-refractivity contribution in [3.63, 3.8) is 0 Å². The Hall–Kier alpha value is -3.70. The molecular formula is C31H33NO8S. The number of carbonyl (C=O) groups is 3. The summed E-state index contributed by atoms with van der Waals surface area (Å²) < 4.78 is 17.9. The highest BCUT2D eigenvalue weighted by molar-refractivity contribution is 7.99. The van der Waals surface area contributed by atoms with Gasteiger partial charge in [0.15, 0.2) is 12.4 Å². The van der Waals surface area contributed by atoms with Crippen LogP contribution in [0.15, 0.2) is 77.7 Å². The number of nitrogens with one attached hydrogen (secondary N) is 1. The van der Waals surface area contributed by atoms with Crippen LogP contribution in [0.5, 0.6) is 0 Å². The number of carboxylic acids is 1. The molecule has 1 amide bonds. The predicted molar refractivity (Wildman–Crippen MR) is 153 cm³/mol. The van der Waals surface area contributed by atoms with E-state index >= 15 is 0 Å². The van der Waals surface area contributed by atoms with Crippen molar-refractivity contribution in [2.24, 2.45) is 5.92 Å². The van der Waals surface area contributed by atoms with Crippen molar-refractivity contribution in [1.29, 1.82) is 0 Å². The van der Waals surface area contributed by atoms with Gasteiger partial charge < -0.3 is 29.7 Å². The van der Waals surface area contributed by atoms with Crippen LogP contribution in [0, 0.1) is 5.92 Å². The fourth-order valence-electron chi connectivity index (χ4n) is 4.49. The highest BCUT2D eigenvalue weighted by atomic mass is 32.2. The first-order valence-electron chi connectivity index (χ1n) is 13.2. The third kappa shape index (κ3) is 7.95. The summed E-state index contributed by atoms with van der Waals surface area (Å²) in [5, 5.41) is 21.4. The van der Waals surface area contributed by atoms with Gasteiger partial charge in [-0.05, 0) is 54.4 Å². The van der Waals surface area contributed by atoms with E-state index in [1.165, 1.54) is 13.8 Å². The SMILES string of the molecule is CC(=O)OC(C)C(=O)Nc1cccc(C2OC(CSc3ccc(C(=O)O)cc3)C(C)C(c3ccc(CO)cc3)O2)c1. The van der Waals surface area contributed by atoms with Crippen LogP contribution in [0.25, 0.3) is 0 Å². The second kappa shape index (κ2) is 13.8. The van der Waals surface area contributed by atoms with Crippen molar-refractivity contribution in [1.82, 2.24) is 0 Å². The lowest BCUT2D eigenvalue weighted by atomic mass is 9.91. The Morgan fingerprint density at radius 3 is 2.34 bits per heavy atom. The minimum Gasteiger partial charge on any atom is -0.478 e. The Kier molecular flexibility index (Phi) is 10.2. The van der Waals surface area contributed by atoms with Crippen molar-refractivity contribution >= 4 is 35.3 Å². The van der Waals surface area contributed by atoms with E-state index in [-0.39, 0.29) is 30.3 Å². The summed E-state index contributed by atoms with van der Waals surface area (Å²) in [6.07, 6.45) is -2.24. The van der Waals surface area contributed by atoms with Crippen molar-refractivity contribution in [2.75, 3.05) is 11.1 Å². The maximum atomic E-state index is 12.5. The van der Waals surface area contributed by atoms with Crippen LogP contribution in [0.1, 0.15) is 60.2 Å². The number of aliphatic hydroxyl groups is 1. The third-order valence-corrected chi connectivity index (χ3v) is 7.88. The number of hydrogen-bond donors (Lipinski definition) is 3. The quantitative estimate of drug-likeness (QED) is 0.215. The molecule has 4 rings (SSSR count). The van der Waals surface area contributed by atoms with E-state index < -0.39 is 30.2 Å². The Morgan fingerprint density at radius 2 is 1.71 bits per heavy atom. The lowest BCUT2D eigenvalue weighted by Crippen LogP contribution is -2.38. The van der Waals surface area contributed by atoms with E-state index in [9.17, 15) is 24.6 Å². The molecule has 9 nitrogen and oxygen atoms in total. The summed E-state index contributed by atoms with van der Waals surface area (Å²) >= 11 is 1.57. The molecule has 5 atom stereocenters. The number of anilines is 1. The van der Waals surface area contributed by atoms with Gasteiger partial charge in [0.2, 0.25) is 0 Å². The molecule has 5 unspecified atom stereocenters. The van der Waals surface area contributed by atoms with Gasteiger partial charge in [-0.15, -0.1) is 11.8 Å². The van der Waals surface area contributed by atoms with Gasteiger partial charge in [-0.2, -0.15) is 0 Å². The summed E-state index contributed by atoms with van der Waals surface area (Å²) in [5.41, 5.74) is 3.18. The van der Waals surface area contributed by atoms with Crippen LogP contribution >= 0.6 is 11.8 Å². The second-order valence-corrected chi connectivity index (χ2v) is 10.9. The Morgan fingerprint density at radius 1 is 1.00 bits per heavy atom. The first kappa shape index (κ1) is 30.3. The lowest BCUT2D eigenvalue weighted by molar-refractivity contribution is -0.268. The van der Waals surface area contributed by atoms with Crippen molar-refractivity contribution < 1.29 is 38.8 Å². The second-order valence-electron chi connectivity index (χ2n) is 9.83. The smallest absolute Gasteiger partial charge is 0.335 e. The maximum Gasteiger partial charge on any atom is 0.335 e. The van der Waals surface area contributed by atoms with E-state index in [1.807, 2.05) is 30.3 Å². The molecule has 0 saturated carbocycles. The molecule has 0 aromatic heterocycles. The van der Waals surface area contributed by atoms with Crippen LogP contribution in [-0.2, 0) is 30.4 Å². The number of hydrogen-bond acceptors (Lipinski definition) is 8. The van der Waals surface area contributed by atoms with Gasteiger partial charge in [0.25, 0.3) is 5.91 Å². The molecule has 0 aliphatic carbocycles. The highest BCUT2D eigenvalue weighted by Gasteiger charge is 2.38. The number of carboxylic acid groups (broad SMARTS) is 1. The van der Waals surface area contributed by atoms with E-state index in [1.54, 1.807) is 54.2 Å². The number of carbonyl (C=O) groups excluding carboxylic acids is 2. The molecule has 1 aliphatic rings. The summed E-state index contributed by atoms with van der Waals surface area (Å²) in [7, 11) is 0. The normalized spacial score (nSPS) is 21.1. The van der Waals surface area contributed by atoms with E-state index in [2.05, 4.69) is 12.2 Å². The Bertz CT molecular complexity index is 1360. The van der Waals surface area contributed by atoms with E-state index in [0.29, 0.717) is 17.0 Å². The number of aliphatic hydroxyl groups excluding tert-OH is 1. The van der Waals surface area contributed by atoms with Gasteiger partial charge in [-0.3, -0.25) is 9.59 Å². The zero-order valence-electron chi connectivity index (χ0n) is 23.0. The van der Waals surface area contributed by atoms with Gasteiger partial charge in [-0.1, -0.05) is 43.3 Å². The molecule has 1 aliphatic heterocycles. The monoisotopic (exact) mass is 579 g/mol. The standard InChI is InChI=1S/C31H33NO8S/c1-18-27(17-41-26-13-11-23(12-14-26)30(36)37)39-31(40-28(18)22-9-7-21(16-33)8-10-22)24-5-4-6-25(15-24)32-29(35)19(2)38-20(3)34/h4-15,18-19,27-28,31,33H,16-17H2,1-3H3,(H,32,35)(H,36,37). The molecule has 1 fully saturated rings. The molecule has 0 radical (unpaired) electrons. The molecule has 3 aromatic carbocycles. The third-order valence-electron chi connectivity index (χ3n) is 6.78. The van der Waals surface area contributed by atoms with Crippen LogP contribution < -0.4 is 5.32 Å². The molecule has 0 bridgehead atoms. The first-order valence-corrected chi connectivity index (χ1v) is 14.2. The molecule has 1 saturated heterocycles. The van der Waals surface area contributed by atoms with Crippen LogP contribution in [0.3, 0.4) is 0 Å². The lowest BCUT2D eigenvalue weighted by Gasteiger charge is -2.41. The fraction of sp³-hybridized carbons (Fsp3) is 0.323. The Balaban J connectivity index is 1.55. The topological polar surface area (TPSA) is 131 Å². The number of rotatable bonds is 10. The van der Waals surface area contributed by atoms with Crippen molar-refractivity contribution in [3.8, 4) is 0 Å².